The maximum absolute atomic E-state index is 9.99. The topological polar surface area (TPSA) is 32.3 Å². The Bertz CT molecular complexity index is 344. The van der Waals surface area contributed by atoms with E-state index in [4.69, 9.17) is 0 Å². The van der Waals surface area contributed by atoms with Gasteiger partial charge in [-0.3, -0.25) is 0 Å². The standard InChI is InChI=1S/C14H21NO/c1-10-7-11(2)13(14(16)8-10)9-12-3-5-15-6-4-12/h7-8,12,15-16H,3-6,9H2,1-2H3. The van der Waals surface area contributed by atoms with E-state index in [-0.39, 0.29) is 0 Å². The number of hydrogen-bond donors (Lipinski definition) is 2. The molecule has 0 unspecified atom stereocenters. The van der Waals surface area contributed by atoms with Crippen LogP contribution in [0.5, 0.6) is 5.75 Å². The van der Waals surface area contributed by atoms with Crippen LogP contribution in [0.3, 0.4) is 0 Å². The molecule has 88 valence electrons. The summed E-state index contributed by atoms with van der Waals surface area (Å²) in [6.45, 7) is 6.37. The highest BCUT2D eigenvalue weighted by Gasteiger charge is 2.16. The van der Waals surface area contributed by atoms with E-state index in [2.05, 4.69) is 18.3 Å². The van der Waals surface area contributed by atoms with Crippen LogP contribution >= 0.6 is 0 Å². The molecule has 2 heteroatoms. The molecule has 0 aliphatic carbocycles. The highest BCUT2D eigenvalue weighted by Crippen LogP contribution is 2.28. The molecule has 0 spiro atoms. The molecule has 0 atom stereocenters. The lowest BCUT2D eigenvalue weighted by Crippen LogP contribution is -2.28. The normalized spacial score (nSPS) is 17.6. The first-order chi connectivity index (χ1) is 7.66. The van der Waals surface area contributed by atoms with Crippen LogP contribution in [0.2, 0.25) is 0 Å². The van der Waals surface area contributed by atoms with Gasteiger partial charge in [-0.05, 0) is 74.9 Å². The molecule has 0 amide bonds. The summed E-state index contributed by atoms with van der Waals surface area (Å²) in [5.41, 5.74) is 3.53. The van der Waals surface area contributed by atoms with Crippen molar-refractivity contribution in [1.82, 2.24) is 5.32 Å². The third-order valence-electron chi connectivity index (χ3n) is 3.55. The second-order valence-corrected chi connectivity index (χ2v) is 4.98. The number of rotatable bonds is 2. The first-order valence-corrected chi connectivity index (χ1v) is 6.16. The van der Waals surface area contributed by atoms with E-state index >= 15 is 0 Å². The van der Waals surface area contributed by atoms with Crippen LogP contribution in [0.25, 0.3) is 0 Å². The van der Waals surface area contributed by atoms with Gasteiger partial charge in [0.15, 0.2) is 0 Å². The van der Waals surface area contributed by atoms with Gasteiger partial charge in [0.25, 0.3) is 0 Å². The lowest BCUT2D eigenvalue weighted by molar-refractivity contribution is 0.366. The van der Waals surface area contributed by atoms with Crippen LogP contribution in [-0.2, 0) is 6.42 Å². The SMILES string of the molecule is Cc1cc(C)c(CC2CCNCC2)c(O)c1. The van der Waals surface area contributed by atoms with Crippen LogP contribution in [0, 0.1) is 19.8 Å². The molecule has 1 fully saturated rings. The molecule has 0 radical (unpaired) electrons. The zero-order valence-electron chi connectivity index (χ0n) is 10.2. The van der Waals surface area contributed by atoms with Gasteiger partial charge < -0.3 is 10.4 Å². The molecule has 1 saturated heterocycles. The average Bonchev–Trinajstić information content (AvgIpc) is 2.25. The predicted octanol–water partition coefficient (Wildman–Crippen LogP) is 2.55. The molecule has 0 aromatic heterocycles. The highest BCUT2D eigenvalue weighted by atomic mass is 16.3. The number of piperidine rings is 1. The van der Waals surface area contributed by atoms with Crippen LogP contribution < -0.4 is 5.32 Å². The molecule has 1 aliphatic heterocycles. The Labute approximate surface area is 97.7 Å². The smallest absolute Gasteiger partial charge is 0.119 e. The molecule has 1 aromatic rings. The van der Waals surface area contributed by atoms with Gasteiger partial charge in [-0.2, -0.15) is 0 Å². The number of aryl methyl sites for hydroxylation is 2. The molecule has 1 aromatic carbocycles. The van der Waals surface area contributed by atoms with E-state index in [0.29, 0.717) is 5.75 Å². The Morgan fingerprint density at radius 2 is 1.94 bits per heavy atom. The van der Waals surface area contributed by atoms with E-state index in [9.17, 15) is 5.11 Å². The Morgan fingerprint density at radius 1 is 1.25 bits per heavy atom. The van der Waals surface area contributed by atoms with Crippen LogP contribution in [0.4, 0.5) is 0 Å². The highest BCUT2D eigenvalue weighted by molar-refractivity contribution is 5.42. The van der Waals surface area contributed by atoms with Gasteiger partial charge >= 0.3 is 0 Å². The number of nitrogens with one attached hydrogen (secondary N) is 1. The van der Waals surface area contributed by atoms with Gasteiger partial charge in [-0.15, -0.1) is 0 Å². The second kappa shape index (κ2) is 4.88. The average molecular weight is 219 g/mol. The number of phenols is 1. The minimum Gasteiger partial charge on any atom is -0.508 e. The lowest BCUT2D eigenvalue weighted by atomic mass is 9.88. The first-order valence-electron chi connectivity index (χ1n) is 6.16. The summed E-state index contributed by atoms with van der Waals surface area (Å²) in [4.78, 5) is 0. The maximum atomic E-state index is 9.99. The van der Waals surface area contributed by atoms with Crippen molar-refractivity contribution in [3.63, 3.8) is 0 Å². The largest absolute Gasteiger partial charge is 0.508 e. The quantitative estimate of drug-likeness (QED) is 0.801. The summed E-state index contributed by atoms with van der Waals surface area (Å²) in [5, 5.41) is 13.4. The first kappa shape index (κ1) is 11.5. The van der Waals surface area contributed by atoms with Crippen molar-refractivity contribution in [3.8, 4) is 5.75 Å². The van der Waals surface area contributed by atoms with E-state index in [1.807, 2.05) is 13.0 Å². The fourth-order valence-electron chi connectivity index (χ4n) is 2.62. The van der Waals surface area contributed by atoms with Gasteiger partial charge in [0.2, 0.25) is 0 Å². The Morgan fingerprint density at radius 3 is 2.56 bits per heavy atom. The Balaban J connectivity index is 2.14. The van der Waals surface area contributed by atoms with Gasteiger partial charge in [0.1, 0.15) is 5.75 Å². The Kier molecular flexibility index (Phi) is 3.49. The van der Waals surface area contributed by atoms with Crippen LogP contribution in [0.1, 0.15) is 29.5 Å². The molecule has 0 saturated carbocycles. The molecule has 2 nitrogen and oxygen atoms in total. The molecular weight excluding hydrogens is 198 g/mol. The van der Waals surface area contributed by atoms with Gasteiger partial charge in [-0.25, -0.2) is 0 Å². The molecule has 0 bridgehead atoms. The van der Waals surface area contributed by atoms with E-state index < -0.39 is 0 Å². The number of phenolic OH excluding ortho intramolecular Hbond substituents is 1. The van der Waals surface area contributed by atoms with E-state index in [1.54, 1.807) is 0 Å². The summed E-state index contributed by atoms with van der Waals surface area (Å²) in [6, 6.07) is 4.04. The predicted molar refractivity (Wildman–Crippen MR) is 66.9 cm³/mol. The van der Waals surface area contributed by atoms with E-state index in [0.717, 1.165) is 36.6 Å². The molecule has 1 aliphatic rings. The number of benzene rings is 1. The molecule has 16 heavy (non-hydrogen) atoms. The van der Waals surface area contributed by atoms with E-state index in [1.165, 1.54) is 18.4 Å². The summed E-state index contributed by atoms with van der Waals surface area (Å²) in [5.74, 6) is 1.21. The third kappa shape index (κ3) is 2.56. The molecule has 2 rings (SSSR count). The fraction of sp³-hybridized carbons (Fsp3) is 0.571. The monoisotopic (exact) mass is 219 g/mol. The molecule has 1 heterocycles. The minimum absolute atomic E-state index is 0.482. The fourth-order valence-corrected chi connectivity index (χ4v) is 2.62. The van der Waals surface area contributed by atoms with Crippen molar-refractivity contribution in [2.45, 2.75) is 33.1 Å². The van der Waals surface area contributed by atoms with Crippen molar-refractivity contribution < 1.29 is 5.11 Å². The summed E-state index contributed by atoms with van der Waals surface area (Å²) >= 11 is 0. The third-order valence-corrected chi connectivity index (χ3v) is 3.55. The zero-order chi connectivity index (χ0) is 11.5. The van der Waals surface area contributed by atoms with Crippen LogP contribution in [0.15, 0.2) is 12.1 Å². The van der Waals surface area contributed by atoms with Gasteiger partial charge in [0.05, 0.1) is 0 Å². The Hall–Kier alpha value is -1.02. The number of hydrogen-bond acceptors (Lipinski definition) is 2. The summed E-state index contributed by atoms with van der Waals surface area (Å²) in [6.07, 6.45) is 3.49. The van der Waals surface area contributed by atoms with Gasteiger partial charge in [0, 0.05) is 0 Å². The van der Waals surface area contributed by atoms with Gasteiger partial charge in [-0.1, -0.05) is 6.07 Å². The molecule has 2 N–H and O–H groups in total. The van der Waals surface area contributed by atoms with Crippen molar-refractivity contribution in [2.75, 3.05) is 13.1 Å². The van der Waals surface area contributed by atoms with Crippen molar-refractivity contribution in [3.05, 3.63) is 28.8 Å². The minimum atomic E-state index is 0.482. The van der Waals surface area contributed by atoms with Crippen molar-refractivity contribution in [2.24, 2.45) is 5.92 Å². The van der Waals surface area contributed by atoms with Crippen molar-refractivity contribution in [1.29, 1.82) is 0 Å². The molecular formula is C14H21NO. The second-order valence-electron chi connectivity index (χ2n) is 4.98. The van der Waals surface area contributed by atoms with Crippen LogP contribution in [-0.4, -0.2) is 18.2 Å². The zero-order valence-corrected chi connectivity index (χ0v) is 10.2. The maximum Gasteiger partial charge on any atom is 0.119 e. The van der Waals surface area contributed by atoms with Crippen molar-refractivity contribution >= 4 is 0 Å². The summed E-state index contributed by atoms with van der Waals surface area (Å²) < 4.78 is 0. The number of aromatic hydroxyl groups is 1. The summed E-state index contributed by atoms with van der Waals surface area (Å²) in [7, 11) is 0. The lowest BCUT2D eigenvalue weighted by Gasteiger charge is -2.23.